The maximum atomic E-state index is 14.0. The first kappa shape index (κ1) is 39.5. The maximum Gasteiger partial charge on any atom is 0.266 e. The monoisotopic (exact) mass is 729 g/mol. The Balaban J connectivity index is 0.00000583. The van der Waals surface area contributed by atoms with Gasteiger partial charge in [-0.05, 0) is 119 Å². The van der Waals surface area contributed by atoms with Crippen LogP contribution in [0.25, 0.3) is 16.7 Å². The van der Waals surface area contributed by atoms with Crippen molar-refractivity contribution in [3.8, 4) is 11.1 Å². The summed E-state index contributed by atoms with van der Waals surface area (Å²) in [6.45, 7) is 8.74. The summed E-state index contributed by atoms with van der Waals surface area (Å²) in [6.07, 6.45) is 6.03. The minimum atomic E-state index is -4.17. The lowest BCUT2D eigenvalue weighted by Gasteiger charge is -2.33. The van der Waals surface area contributed by atoms with Gasteiger partial charge < -0.3 is 16.8 Å². The first-order valence-corrected chi connectivity index (χ1v) is 18.9. The molecule has 1 aliphatic carbocycles. The van der Waals surface area contributed by atoms with Gasteiger partial charge in [-0.25, -0.2) is 0 Å². The van der Waals surface area contributed by atoms with E-state index in [2.05, 4.69) is 49.6 Å². The van der Waals surface area contributed by atoms with E-state index < -0.39 is 27.7 Å². The molecule has 270 valence electrons. The van der Waals surface area contributed by atoms with Gasteiger partial charge in [0, 0.05) is 22.8 Å². The van der Waals surface area contributed by atoms with Crippen molar-refractivity contribution in [1.82, 2.24) is 11.5 Å². The molecular weight excluding hydrogens is 682 g/mol. The molecule has 0 aromatic heterocycles. The van der Waals surface area contributed by atoms with E-state index in [1.54, 1.807) is 24.3 Å². The number of allylic oxidation sites excluding steroid dienone is 2. The van der Waals surface area contributed by atoms with E-state index in [0.29, 0.717) is 28.6 Å². The third-order valence-electron chi connectivity index (χ3n) is 9.59. The Hall–Kier alpha value is -4.28. The normalized spacial score (nSPS) is 15.3. The molecule has 0 aliphatic heterocycles. The molecule has 2 amide bonds. The van der Waals surface area contributed by atoms with Gasteiger partial charge >= 0.3 is 0 Å². The standard InChI is InChI=1S/C41H45ClN2O5S.H3N/c1-27-25-35(42)19-22-37(27)31-15-20-36(21-16-31)44-40(46)38(26-28-5-7-33(8-6-28)39(45)43-23-24-50(47,48)49)32-11-9-29(10-12-32)30-13-17-34(18-14-30)41(2,3)4;/h5-13,15-16,19-22,25,34,38H,14,17-18,23-24,26H2,1-4H3,(H,43,45)(H,44,46)(H,47,48,49);1H3. The molecule has 0 saturated carbocycles. The minimum absolute atomic E-state index is 0. The van der Waals surface area contributed by atoms with Crippen LogP contribution in [-0.2, 0) is 21.3 Å². The molecule has 0 spiro atoms. The number of carbonyl (C=O) groups is 2. The molecule has 5 rings (SSSR count). The van der Waals surface area contributed by atoms with Crippen LogP contribution in [-0.4, -0.2) is 37.1 Å². The van der Waals surface area contributed by atoms with Crippen molar-refractivity contribution >= 4 is 44.8 Å². The highest BCUT2D eigenvalue weighted by molar-refractivity contribution is 7.85. The number of hydrogen-bond acceptors (Lipinski definition) is 5. The summed E-state index contributed by atoms with van der Waals surface area (Å²) >= 11 is 6.15. The summed E-state index contributed by atoms with van der Waals surface area (Å²) in [6, 6.07) is 28.8. The largest absolute Gasteiger partial charge is 0.351 e. The van der Waals surface area contributed by atoms with Gasteiger partial charge in [-0.1, -0.05) is 93.0 Å². The summed E-state index contributed by atoms with van der Waals surface area (Å²) in [5.74, 6) is -1.01. The Morgan fingerprint density at radius 2 is 1.57 bits per heavy atom. The summed E-state index contributed by atoms with van der Waals surface area (Å²) < 4.78 is 30.9. The second-order valence-electron chi connectivity index (χ2n) is 14.2. The number of halogens is 1. The highest BCUT2D eigenvalue weighted by atomic mass is 35.5. The molecule has 8 nitrogen and oxygen atoms in total. The number of hydrogen-bond donors (Lipinski definition) is 4. The van der Waals surface area contributed by atoms with Gasteiger partial charge in [-0.15, -0.1) is 0 Å². The fraction of sp³-hybridized carbons (Fsp3) is 0.317. The lowest BCUT2D eigenvalue weighted by Crippen LogP contribution is -2.28. The van der Waals surface area contributed by atoms with Gasteiger partial charge in [0.2, 0.25) is 5.91 Å². The predicted molar refractivity (Wildman–Crippen MR) is 208 cm³/mol. The van der Waals surface area contributed by atoms with Crippen molar-refractivity contribution in [1.29, 1.82) is 0 Å². The zero-order valence-corrected chi connectivity index (χ0v) is 31.3. The third-order valence-corrected chi connectivity index (χ3v) is 10.5. The number of anilines is 1. The molecule has 4 aromatic rings. The summed E-state index contributed by atoms with van der Waals surface area (Å²) in [4.78, 5) is 26.5. The molecule has 10 heteroatoms. The van der Waals surface area contributed by atoms with E-state index in [9.17, 15) is 18.0 Å². The average molecular weight is 730 g/mol. The topological polar surface area (TPSA) is 148 Å². The molecule has 2 atom stereocenters. The lowest BCUT2D eigenvalue weighted by molar-refractivity contribution is -0.117. The quantitative estimate of drug-likeness (QED) is 0.113. The van der Waals surface area contributed by atoms with Gasteiger partial charge in [0.15, 0.2) is 0 Å². The second-order valence-corrected chi connectivity index (χ2v) is 16.2. The Kier molecular flexibility index (Phi) is 13.0. The fourth-order valence-electron chi connectivity index (χ4n) is 6.51. The smallest absolute Gasteiger partial charge is 0.266 e. The molecule has 0 radical (unpaired) electrons. The highest BCUT2D eigenvalue weighted by Crippen LogP contribution is 2.40. The van der Waals surface area contributed by atoms with Crippen molar-refractivity contribution in [3.05, 3.63) is 130 Å². The number of rotatable bonds is 11. The zero-order valence-electron chi connectivity index (χ0n) is 29.7. The highest BCUT2D eigenvalue weighted by Gasteiger charge is 2.27. The van der Waals surface area contributed by atoms with Crippen LogP contribution < -0.4 is 16.8 Å². The Labute approximate surface area is 307 Å². The van der Waals surface area contributed by atoms with Crippen LogP contribution in [0.2, 0.25) is 5.02 Å². The van der Waals surface area contributed by atoms with E-state index in [1.165, 1.54) is 11.1 Å². The van der Waals surface area contributed by atoms with Crippen LogP contribution >= 0.6 is 11.6 Å². The van der Waals surface area contributed by atoms with Gasteiger partial charge in [-0.3, -0.25) is 14.1 Å². The number of amides is 2. The van der Waals surface area contributed by atoms with Crippen molar-refractivity contribution in [3.63, 3.8) is 0 Å². The fourth-order valence-corrected chi connectivity index (χ4v) is 7.10. The molecule has 2 unspecified atom stereocenters. The molecule has 0 fully saturated rings. The van der Waals surface area contributed by atoms with Crippen LogP contribution in [0.15, 0.2) is 97.1 Å². The van der Waals surface area contributed by atoms with Crippen LogP contribution in [0.4, 0.5) is 5.69 Å². The first-order valence-electron chi connectivity index (χ1n) is 17.0. The molecule has 0 saturated heterocycles. The average Bonchev–Trinajstić information content (AvgIpc) is 3.07. The lowest BCUT2D eigenvalue weighted by atomic mass is 9.72. The molecule has 1 aliphatic rings. The van der Waals surface area contributed by atoms with Gasteiger partial charge in [-0.2, -0.15) is 8.42 Å². The number of carbonyl (C=O) groups excluding carboxylic acids is 2. The Morgan fingerprint density at radius 3 is 2.14 bits per heavy atom. The molecule has 0 heterocycles. The summed E-state index contributed by atoms with van der Waals surface area (Å²) in [7, 11) is -4.17. The Bertz CT molecular complexity index is 1970. The van der Waals surface area contributed by atoms with Gasteiger partial charge in [0.25, 0.3) is 16.0 Å². The SMILES string of the molecule is Cc1cc(Cl)ccc1-c1ccc(NC(=O)C(Cc2ccc(C(=O)NCCS(=O)(=O)O)cc2)c2ccc(C3=CCC(C(C)(C)C)CC3)cc2)cc1.N. The number of nitrogens with one attached hydrogen (secondary N) is 2. The van der Waals surface area contributed by atoms with Crippen molar-refractivity contribution in [2.24, 2.45) is 11.3 Å². The van der Waals surface area contributed by atoms with Gasteiger partial charge in [0.1, 0.15) is 0 Å². The zero-order chi connectivity index (χ0) is 36.1. The molecule has 51 heavy (non-hydrogen) atoms. The minimum Gasteiger partial charge on any atom is -0.351 e. The van der Waals surface area contributed by atoms with E-state index in [0.717, 1.165) is 47.1 Å². The number of benzene rings is 4. The first-order chi connectivity index (χ1) is 23.7. The van der Waals surface area contributed by atoms with Gasteiger partial charge in [0.05, 0.1) is 11.7 Å². The van der Waals surface area contributed by atoms with E-state index in [4.69, 9.17) is 16.2 Å². The van der Waals surface area contributed by atoms with Crippen LogP contribution in [0, 0.1) is 18.3 Å². The van der Waals surface area contributed by atoms with E-state index >= 15 is 0 Å². The van der Waals surface area contributed by atoms with Crippen molar-refractivity contribution in [2.45, 2.75) is 59.3 Å². The summed E-state index contributed by atoms with van der Waals surface area (Å²) in [5.41, 5.74) is 8.75. The maximum absolute atomic E-state index is 14.0. The van der Waals surface area contributed by atoms with E-state index in [1.807, 2.05) is 61.5 Å². The summed E-state index contributed by atoms with van der Waals surface area (Å²) in [5, 5.41) is 6.30. The molecular formula is C41H48ClN3O5S. The predicted octanol–water partition coefficient (Wildman–Crippen LogP) is 9.29. The van der Waals surface area contributed by atoms with Crippen molar-refractivity contribution in [2.75, 3.05) is 17.6 Å². The molecule has 6 N–H and O–H groups in total. The number of aryl methyl sites for hydroxylation is 1. The van der Waals surface area contributed by atoms with Crippen LogP contribution in [0.1, 0.15) is 78.6 Å². The van der Waals surface area contributed by atoms with Crippen molar-refractivity contribution < 1.29 is 22.6 Å². The molecule has 4 aromatic carbocycles. The van der Waals surface area contributed by atoms with E-state index in [-0.39, 0.29) is 24.0 Å². The third kappa shape index (κ3) is 10.9. The Morgan fingerprint density at radius 1 is 0.922 bits per heavy atom. The van der Waals surface area contributed by atoms with Crippen LogP contribution in [0.3, 0.4) is 0 Å². The second kappa shape index (κ2) is 16.8. The van der Waals surface area contributed by atoms with Crippen LogP contribution in [0.5, 0.6) is 0 Å². The molecule has 0 bridgehead atoms.